The van der Waals surface area contributed by atoms with Crippen LogP contribution in [0.25, 0.3) is 11.1 Å². The quantitative estimate of drug-likeness (QED) is 0.856. The van der Waals surface area contributed by atoms with Crippen LogP contribution in [-0.2, 0) is 0 Å². The molecule has 2 aromatic carbocycles. The molecule has 1 nitrogen and oxygen atoms in total. The molecule has 1 aliphatic rings. The maximum absolute atomic E-state index is 6.27. The summed E-state index contributed by atoms with van der Waals surface area (Å²) in [7, 11) is 0. The monoisotopic (exact) mass is 290 g/mol. The molecule has 19 heavy (non-hydrogen) atoms. The van der Waals surface area contributed by atoms with Crippen LogP contribution >= 0.6 is 23.2 Å². The Labute approximate surface area is 123 Å². The molecule has 1 unspecified atom stereocenters. The Morgan fingerprint density at radius 2 is 1.95 bits per heavy atom. The lowest BCUT2D eigenvalue weighted by Gasteiger charge is -2.12. The van der Waals surface area contributed by atoms with Gasteiger partial charge in [-0.1, -0.05) is 41.4 Å². The van der Waals surface area contributed by atoms with Crippen LogP contribution in [0.4, 0.5) is 0 Å². The fraction of sp³-hybridized carbons (Fsp3) is 0.250. The van der Waals surface area contributed by atoms with Crippen molar-refractivity contribution in [3.8, 4) is 11.1 Å². The summed E-state index contributed by atoms with van der Waals surface area (Å²) >= 11 is 12.5. The summed E-state index contributed by atoms with van der Waals surface area (Å²) in [6.45, 7) is 2.12. The Bertz CT molecular complexity index is 569. The summed E-state index contributed by atoms with van der Waals surface area (Å²) in [5, 5.41) is 4.75. The van der Waals surface area contributed by atoms with Gasteiger partial charge in [0.2, 0.25) is 0 Å². The first-order chi connectivity index (χ1) is 9.25. The summed E-state index contributed by atoms with van der Waals surface area (Å²) < 4.78 is 0. The maximum atomic E-state index is 6.27. The van der Waals surface area contributed by atoms with E-state index in [1.807, 2.05) is 24.3 Å². The minimum absolute atomic E-state index is 0.567. The SMILES string of the molecule is Clc1cccc(Cl)c1-c1c[c]cc(C2CCNC2)c1. The number of halogens is 2. The van der Waals surface area contributed by atoms with Crippen LogP contribution in [0.15, 0.2) is 36.4 Å². The van der Waals surface area contributed by atoms with E-state index in [1.165, 1.54) is 12.0 Å². The molecule has 1 N–H and O–H groups in total. The van der Waals surface area contributed by atoms with Crippen LogP contribution < -0.4 is 5.32 Å². The second-order valence-electron chi connectivity index (χ2n) is 4.84. The average Bonchev–Trinajstić information content (AvgIpc) is 2.93. The normalized spacial score (nSPS) is 18.7. The molecule has 1 aliphatic heterocycles. The standard InChI is InChI=1S/C16H14Cl2N/c17-14-5-2-6-15(18)16(14)12-4-1-3-11(9-12)13-7-8-19-10-13/h2-6,9,13,19H,7-8,10H2. The third-order valence-electron chi connectivity index (χ3n) is 3.59. The van der Waals surface area contributed by atoms with Crippen molar-refractivity contribution in [3.05, 3.63) is 58.1 Å². The van der Waals surface area contributed by atoms with Crippen molar-refractivity contribution < 1.29 is 0 Å². The molecule has 3 heteroatoms. The largest absolute Gasteiger partial charge is 0.316 e. The molecule has 0 amide bonds. The summed E-state index contributed by atoms with van der Waals surface area (Å²) in [4.78, 5) is 0. The Morgan fingerprint density at radius 3 is 2.63 bits per heavy atom. The van der Waals surface area contributed by atoms with E-state index in [0.717, 1.165) is 24.2 Å². The highest BCUT2D eigenvalue weighted by Crippen LogP contribution is 2.36. The van der Waals surface area contributed by atoms with Gasteiger partial charge in [-0.3, -0.25) is 0 Å². The molecule has 1 fully saturated rings. The van der Waals surface area contributed by atoms with Crippen molar-refractivity contribution in [1.29, 1.82) is 0 Å². The summed E-state index contributed by atoms with van der Waals surface area (Å²) in [6.07, 6.45) is 1.17. The van der Waals surface area contributed by atoms with Crippen LogP contribution in [0.3, 0.4) is 0 Å². The zero-order valence-electron chi connectivity index (χ0n) is 10.4. The maximum Gasteiger partial charge on any atom is 0.0499 e. The van der Waals surface area contributed by atoms with Gasteiger partial charge in [-0.2, -0.15) is 0 Å². The van der Waals surface area contributed by atoms with Crippen molar-refractivity contribution in [1.82, 2.24) is 5.32 Å². The van der Waals surface area contributed by atoms with E-state index >= 15 is 0 Å². The highest BCUT2D eigenvalue weighted by molar-refractivity contribution is 6.39. The highest BCUT2D eigenvalue weighted by atomic mass is 35.5. The predicted molar refractivity (Wildman–Crippen MR) is 81.0 cm³/mol. The molecule has 1 radical (unpaired) electrons. The topological polar surface area (TPSA) is 12.0 Å². The lowest BCUT2D eigenvalue weighted by molar-refractivity contribution is 0.763. The van der Waals surface area contributed by atoms with Gasteiger partial charge in [0.05, 0.1) is 0 Å². The van der Waals surface area contributed by atoms with E-state index in [2.05, 4.69) is 23.5 Å². The second kappa shape index (κ2) is 5.54. The number of hydrogen-bond acceptors (Lipinski definition) is 1. The van der Waals surface area contributed by atoms with E-state index in [9.17, 15) is 0 Å². The van der Waals surface area contributed by atoms with Crippen LogP contribution in [-0.4, -0.2) is 13.1 Å². The van der Waals surface area contributed by atoms with Crippen molar-refractivity contribution in [3.63, 3.8) is 0 Å². The van der Waals surface area contributed by atoms with Gasteiger partial charge in [0, 0.05) is 22.2 Å². The molecule has 0 bridgehead atoms. The first-order valence-corrected chi connectivity index (χ1v) is 7.17. The lowest BCUT2D eigenvalue weighted by atomic mass is 9.94. The van der Waals surface area contributed by atoms with E-state index in [4.69, 9.17) is 23.2 Å². The van der Waals surface area contributed by atoms with Gasteiger partial charge in [-0.25, -0.2) is 0 Å². The molecule has 1 atom stereocenters. The molecule has 1 saturated heterocycles. The molecule has 0 aromatic heterocycles. The fourth-order valence-corrected chi connectivity index (χ4v) is 3.20. The summed E-state index contributed by atoms with van der Waals surface area (Å²) in [5.74, 6) is 0.567. The Balaban J connectivity index is 2.03. The van der Waals surface area contributed by atoms with Crippen molar-refractivity contribution in [2.75, 3.05) is 13.1 Å². The fourth-order valence-electron chi connectivity index (χ4n) is 2.58. The zero-order chi connectivity index (χ0) is 13.2. The number of benzene rings is 2. The van der Waals surface area contributed by atoms with Gasteiger partial charge in [-0.05, 0) is 54.3 Å². The van der Waals surface area contributed by atoms with E-state index in [-0.39, 0.29) is 0 Å². The van der Waals surface area contributed by atoms with Gasteiger partial charge in [0.1, 0.15) is 0 Å². The van der Waals surface area contributed by atoms with Gasteiger partial charge < -0.3 is 5.32 Å². The minimum atomic E-state index is 0.567. The highest BCUT2D eigenvalue weighted by Gasteiger charge is 2.17. The average molecular weight is 291 g/mol. The molecule has 97 valence electrons. The van der Waals surface area contributed by atoms with Gasteiger partial charge in [0.25, 0.3) is 0 Å². The number of rotatable bonds is 2. The van der Waals surface area contributed by atoms with Gasteiger partial charge >= 0.3 is 0 Å². The number of nitrogens with one attached hydrogen (secondary N) is 1. The predicted octanol–water partition coefficient (Wildman–Crippen LogP) is 4.54. The molecule has 2 aromatic rings. The Morgan fingerprint density at radius 1 is 1.16 bits per heavy atom. The number of hydrogen-bond donors (Lipinski definition) is 1. The van der Waals surface area contributed by atoms with Gasteiger partial charge in [0.15, 0.2) is 0 Å². The lowest BCUT2D eigenvalue weighted by Crippen LogP contribution is -2.07. The van der Waals surface area contributed by atoms with Crippen LogP contribution in [0.1, 0.15) is 17.9 Å². The molecule has 1 heterocycles. The molecule has 3 rings (SSSR count). The molecule has 0 spiro atoms. The molecule has 0 aliphatic carbocycles. The zero-order valence-corrected chi connectivity index (χ0v) is 11.9. The summed E-state index contributed by atoms with van der Waals surface area (Å²) in [6, 6.07) is 15.0. The van der Waals surface area contributed by atoms with Crippen LogP contribution in [0.5, 0.6) is 0 Å². The molecular formula is C16H14Cl2N. The minimum Gasteiger partial charge on any atom is -0.316 e. The van der Waals surface area contributed by atoms with Crippen LogP contribution in [0.2, 0.25) is 10.0 Å². The third-order valence-corrected chi connectivity index (χ3v) is 4.22. The Kier molecular flexibility index (Phi) is 3.79. The van der Waals surface area contributed by atoms with E-state index in [0.29, 0.717) is 16.0 Å². The Hall–Kier alpha value is -1.02. The molecule has 0 saturated carbocycles. The smallest absolute Gasteiger partial charge is 0.0499 e. The van der Waals surface area contributed by atoms with Crippen molar-refractivity contribution in [2.24, 2.45) is 0 Å². The van der Waals surface area contributed by atoms with Crippen LogP contribution in [0, 0.1) is 6.07 Å². The van der Waals surface area contributed by atoms with E-state index < -0.39 is 0 Å². The third kappa shape index (κ3) is 2.64. The van der Waals surface area contributed by atoms with Crippen molar-refractivity contribution >= 4 is 23.2 Å². The summed E-state index contributed by atoms with van der Waals surface area (Å²) in [5.41, 5.74) is 3.24. The second-order valence-corrected chi connectivity index (χ2v) is 5.66. The van der Waals surface area contributed by atoms with E-state index in [1.54, 1.807) is 0 Å². The molecular weight excluding hydrogens is 277 g/mol. The first-order valence-electron chi connectivity index (χ1n) is 6.42. The first kappa shape index (κ1) is 13.0. The van der Waals surface area contributed by atoms with Gasteiger partial charge in [-0.15, -0.1) is 0 Å². The van der Waals surface area contributed by atoms with Crippen molar-refractivity contribution in [2.45, 2.75) is 12.3 Å².